The minimum Gasteiger partial charge on any atom is -0.461 e. The molecule has 1 unspecified atom stereocenters. The van der Waals surface area contributed by atoms with Gasteiger partial charge in [0, 0.05) is 16.9 Å². The predicted octanol–water partition coefficient (Wildman–Crippen LogP) is 5.43. The average Bonchev–Trinajstić information content (AvgIpc) is 2.83. The van der Waals surface area contributed by atoms with E-state index < -0.39 is 0 Å². The van der Waals surface area contributed by atoms with Gasteiger partial charge in [0.1, 0.15) is 17.3 Å². The first-order chi connectivity index (χ1) is 10.0. The Labute approximate surface area is 137 Å². The lowest BCUT2D eigenvalue weighted by atomic mass is 10.1. The monoisotopic (exact) mass is 373 g/mol. The van der Waals surface area contributed by atoms with Crippen molar-refractivity contribution in [1.29, 1.82) is 0 Å². The molecule has 0 fully saturated rings. The summed E-state index contributed by atoms with van der Waals surface area (Å²) in [4.78, 5) is 0. The highest BCUT2D eigenvalue weighted by atomic mass is 79.9. The van der Waals surface area contributed by atoms with Gasteiger partial charge >= 0.3 is 0 Å². The van der Waals surface area contributed by atoms with Crippen LogP contribution in [0.2, 0.25) is 5.02 Å². The molecule has 1 aromatic carbocycles. The van der Waals surface area contributed by atoms with E-state index in [1.807, 2.05) is 12.1 Å². The molecule has 5 heteroatoms. The average molecular weight is 375 g/mol. The molecule has 0 saturated heterocycles. The molecule has 0 radical (unpaired) electrons. The van der Waals surface area contributed by atoms with Crippen molar-refractivity contribution in [2.75, 3.05) is 6.54 Å². The summed E-state index contributed by atoms with van der Waals surface area (Å²) in [5.74, 6) is 1.15. The maximum Gasteiger partial charge on any atom is 0.136 e. The molecular formula is C16H18BrClFNO. The maximum absolute atomic E-state index is 13.3. The molecule has 1 N–H and O–H groups in total. The summed E-state index contributed by atoms with van der Waals surface area (Å²) in [6.07, 6.45) is 1.91. The lowest BCUT2D eigenvalue weighted by molar-refractivity contribution is 0.464. The van der Waals surface area contributed by atoms with Crippen molar-refractivity contribution < 1.29 is 8.81 Å². The third-order valence-electron chi connectivity index (χ3n) is 3.17. The van der Waals surface area contributed by atoms with Crippen molar-refractivity contribution >= 4 is 27.5 Å². The van der Waals surface area contributed by atoms with Gasteiger partial charge in [-0.1, -0.05) is 18.5 Å². The molecule has 2 rings (SSSR count). The number of rotatable bonds is 6. The number of hydrogen-bond acceptors (Lipinski definition) is 2. The van der Waals surface area contributed by atoms with E-state index in [9.17, 15) is 4.39 Å². The highest BCUT2D eigenvalue weighted by Gasteiger charge is 2.15. The number of furan rings is 1. The lowest BCUT2D eigenvalue weighted by Crippen LogP contribution is -2.28. The molecule has 0 aliphatic carbocycles. The van der Waals surface area contributed by atoms with Crippen LogP contribution in [0.3, 0.4) is 0 Å². The molecule has 1 aromatic heterocycles. The van der Waals surface area contributed by atoms with Crippen LogP contribution >= 0.6 is 27.5 Å². The van der Waals surface area contributed by atoms with Gasteiger partial charge in [0.25, 0.3) is 0 Å². The van der Waals surface area contributed by atoms with E-state index in [0.29, 0.717) is 26.9 Å². The van der Waals surface area contributed by atoms with E-state index in [1.165, 1.54) is 12.1 Å². The van der Waals surface area contributed by atoms with Crippen LogP contribution < -0.4 is 5.32 Å². The summed E-state index contributed by atoms with van der Waals surface area (Å²) in [6, 6.07) is 6.82. The second-order valence-electron chi connectivity index (χ2n) is 5.07. The van der Waals surface area contributed by atoms with Gasteiger partial charge in [-0.3, -0.25) is 0 Å². The Hall–Kier alpha value is -0.840. The molecule has 21 heavy (non-hydrogen) atoms. The Morgan fingerprint density at radius 3 is 2.81 bits per heavy atom. The van der Waals surface area contributed by atoms with Crippen molar-refractivity contribution in [1.82, 2.24) is 5.32 Å². The SMILES string of the molecule is CCCNC(C)Cc1ccc(-c2c(Cl)cc(F)cc2Br)o1. The van der Waals surface area contributed by atoms with Gasteiger partial charge in [-0.15, -0.1) is 0 Å². The molecule has 2 nitrogen and oxygen atoms in total. The fourth-order valence-corrected chi connectivity index (χ4v) is 3.21. The summed E-state index contributed by atoms with van der Waals surface area (Å²) in [7, 11) is 0. The van der Waals surface area contributed by atoms with Crippen molar-refractivity contribution in [3.63, 3.8) is 0 Å². The second-order valence-corrected chi connectivity index (χ2v) is 6.33. The fraction of sp³-hybridized carbons (Fsp3) is 0.375. The van der Waals surface area contributed by atoms with Crippen LogP contribution in [0, 0.1) is 5.82 Å². The Morgan fingerprint density at radius 2 is 2.14 bits per heavy atom. The summed E-state index contributed by atoms with van der Waals surface area (Å²) in [6.45, 7) is 5.25. The van der Waals surface area contributed by atoms with Gasteiger partial charge in [-0.05, 0) is 60.1 Å². The smallest absolute Gasteiger partial charge is 0.136 e. The molecule has 0 saturated carbocycles. The lowest BCUT2D eigenvalue weighted by Gasteiger charge is -2.11. The first-order valence-electron chi connectivity index (χ1n) is 6.98. The summed E-state index contributed by atoms with van der Waals surface area (Å²) in [5, 5.41) is 3.75. The molecule has 0 bridgehead atoms. The third-order valence-corrected chi connectivity index (χ3v) is 4.09. The van der Waals surface area contributed by atoms with Gasteiger partial charge in [-0.25, -0.2) is 4.39 Å². The van der Waals surface area contributed by atoms with Crippen molar-refractivity contribution in [3.8, 4) is 11.3 Å². The zero-order chi connectivity index (χ0) is 15.4. The maximum atomic E-state index is 13.3. The Balaban J connectivity index is 2.17. The molecule has 1 atom stereocenters. The molecule has 0 spiro atoms. The molecule has 0 aliphatic rings. The van der Waals surface area contributed by atoms with Gasteiger partial charge in [-0.2, -0.15) is 0 Å². The summed E-state index contributed by atoms with van der Waals surface area (Å²) in [5.41, 5.74) is 0.679. The van der Waals surface area contributed by atoms with Gasteiger partial charge in [0.05, 0.1) is 10.6 Å². The highest BCUT2D eigenvalue weighted by molar-refractivity contribution is 9.10. The zero-order valence-corrected chi connectivity index (χ0v) is 14.4. The van der Waals surface area contributed by atoms with Crippen LogP contribution in [0.15, 0.2) is 33.2 Å². The number of hydrogen-bond donors (Lipinski definition) is 1. The Bertz CT molecular complexity index is 591. The zero-order valence-electron chi connectivity index (χ0n) is 12.1. The fourth-order valence-electron chi connectivity index (χ4n) is 2.16. The van der Waals surface area contributed by atoms with Crippen molar-refractivity contribution in [3.05, 3.63) is 45.3 Å². The van der Waals surface area contributed by atoms with Crippen LogP contribution in [-0.4, -0.2) is 12.6 Å². The van der Waals surface area contributed by atoms with Gasteiger partial charge in [0.15, 0.2) is 0 Å². The van der Waals surface area contributed by atoms with Crippen molar-refractivity contribution in [2.45, 2.75) is 32.7 Å². The van der Waals surface area contributed by atoms with Crippen LogP contribution in [-0.2, 0) is 6.42 Å². The van der Waals surface area contributed by atoms with E-state index in [4.69, 9.17) is 16.0 Å². The molecule has 1 heterocycles. The van der Waals surface area contributed by atoms with E-state index in [2.05, 4.69) is 35.1 Å². The summed E-state index contributed by atoms with van der Waals surface area (Å²) < 4.78 is 19.7. The van der Waals surface area contributed by atoms with E-state index >= 15 is 0 Å². The van der Waals surface area contributed by atoms with Gasteiger partial charge < -0.3 is 9.73 Å². The normalized spacial score (nSPS) is 12.6. The number of halogens is 3. The largest absolute Gasteiger partial charge is 0.461 e. The topological polar surface area (TPSA) is 25.2 Å². The first-order valence-corrected chi connectivity index (χ1v) is 8.15. The van der Waals surface area contributed by atoms with E-state index in [1.54, 1.807) is 0 Å². The Morgan fingerprint density at radius 1 is 1.38 bits per heavy atom. The van der Waals surface area contributed by atoms with Crippen LogP contribution in [0.1, 0.15) is 26.0 Å². The number of nitrogens with one attached hydrogen (secondary N) is 1. The van der Waals surface area contributed by atoms with Gasteiger partial charge in [0.2, 0.25) is 0 Å². The van der Waals surface area contributed by atoms with Crippen LogP contribution in [0.25, 0.3) is 11.3 Å². The van der Waals surface area contributed by atoms with E-state index in [-0.39, 0.29) is 5.82 Å². The molecular weight excluding hydrogens is 357 g/mol. The summed E-state index contributed by atoms with van der Waals surface area (Å²) >= 11 is 9.44. The van der Waals surface area contributed by atoms with E-state index in [0.717, 1.165) is 25.1 Å². The van der Waals surface area contributed by atoms with Crippen LogP contribution in [0.4, 0.5) is 4.39 Å². The minimum absolute atomic E-state index is 0.333. The Kier molecular flexibility index (Phi) is 5.85. The standard InChI is InChI=1S/C16H18BrClFNO/c1-3-6-20-10(2)7-12-4-5-15(21-12)16-13(17)8-11(19)9-14(16)18/h4-5,8-10,20H,3,6-7H2,1-2H3. The molecule has 2 aromatic rings. The first kappa shape index (κ1) is 16.5. The van der Waals surface area contributed by atoms with Crippen molar-refractivity contribution in [2.24, 2.45) is 0 Å². The third kappa shape index (κ3) is 4.31. The molecule has 0 aliphatic heterocycles. The highest BCUT2D eigenvalue weighted by Crippen LogP contribution is 2.36. The molecule has 0 amide bonds. The number of benzene rings is 1. The second kappa shape index (κ2) is 7.43. The quantitative estimate of drug-likeness (QED) is 0.729. The predicted molar refractivity (Wildman–Crippen MR) is 88.3 cm³/mol. The van der Waals surface area contributed by atoms with Crippen LogP contribution in [0.5, 0.6) is 0 Å². The molecule has 114 valence electrons. The minimum atomic E-state index is -0.375.